The van der Waals surface area contributed by atoms with Gasteiger partial charge >= 0.3 is 0 Å². The van der Waals surface area contributed by atoms with Gasteiger partial charge in [-0.15, -0.1) is 0 Å². The quantitative estimate of drug-likeness (QED) is 0.883. The summed E-state index contributed by atoms with van der Waals surface area (Å²) in [5.41, 5.74) is 2.15. The number of rotatable bonds is 4. The zero-order valence-electron chi connectivity index (χ0n) is 9.15. The molecule has 2 aromatic rings. The van der Waals surface area contributed by atoms with Crippen LogP contribution in [0.2, 0.25) is 5.02 Å². The van der Waals surface area contributed by atoms with Crippen LogP contribution in [-0.4, -0.2) is 16.3 Å². The normalized spacial score (nSPS) is 10.6. The Hall–Kier alpha value is -1.32. The van der Waals surface area contributed by atoms with Crippen molar-refractivity contribution in [1.29, 1.82) is 0 Å². The molecule has 0 unspecified atom stereocenters. The van der Waals surface area contributed by atoms with Gasteiger partial charge in [0.1, 0.15) is 0 Å². The van der Waals surface area contributed by atoms with Crippen molar-refractivity contribution >= 4 is 11.6 Å². The summed E-state index contributed by atoms with van der Waals surface area (Å²) in [6.07, 6.45) is 3.87. The Bertz CT molecular complexity index is 465. The zero-order chi connectivity index (χ0) is 11.4. The summed E-state index contributed by atoms with van der Waals surface area (Å²) < 4.78 is 1.83. The Kier molecular flexibility index (Phi) is 3.59. The molecule has 0 saturated carbocycles. The van der Waals surface area contributed by atoms with Gasteiger partial charge in [-0.2, -0.15) is 5.10 Å². The van der Waals surface area contributed by atoms with Crippen LogP contribution in [0.25, 0.3) is 5.69 Å². The van der Waals surface area contributed by atoms with Crippen molar-refractivity contribution in [2.24, 2.45) is 0 Å². The van der Waals surface area contributed by atoms with Gasteiger partial charge in [-0.05, 0) is 24.7 Å². The molecule has 0 bridgehead atoms. The molecule has 0 aliphatic heterocycles. The van der Waals surface area contributed by atoms with Crippen LogP contribution in [0.1, 0.15) is 12.5 Å². The molecule has 1 heterocycles. The number of hydrogen-bond donors (Lipinski definition) is 1. The van der Waals surface area contributed by atoms with Gasteiger partial charge in [0.25, 0.3) is 0 Å². The summed E-state index contributed by atoms with van der Waals surface area (Å²) in [5.74, 6) is 0. The van der Waals surface area contributed by atoms with Crippen molar-refractivity contribution in [3.05, 3.63) is 47.2 Å². The van der Waals surface area contributed by atoms with Crippen LogP contribution in [0.4, 0.5) is 0 Å². The maximum absolute atomic E-state index is 5.93. The zero-order valence-corrected chi connectivity index (χ0v) is 9.91. The van der Waals surface area contributed by atoms with Crippen molar-refractivity contribution in [3.63, 3.8) is 0 Å². The smallest absolute Gasteiger partial charge is 0.0660 e. The molecule has 84 valence electrons. The minimum atomic E-state index is 0.723. The Labute approximate surface area is 100 Å². The second-order valence-corrected chi connectivity index (χ2v) is 3.99. The second kappa shape index (κ2) is 5.14. The van der Waals surface area contributed by atoms with E-state index in [1.807, 2.05) is 41.3 Å². The van der Waals surface area contributed by atoms with Crippen molar-refractivity contribution in [1.82, 2.24) is 15.1 Å². The molecule has 1 aromatic carbocycles. The van der Waals surface area contributed by atoms with Crippen LogP contribution in [0.15, 0.2) is 36.7 Å². The van der Waals surface area contributed by atoms with Crippen molar-refractivity contribution in [2.45, 2.75) is 13.5 Å². The van der Waals surface area contributed by atoms with Crippen LogP contribution < -0.4 is 5.32 Å². The highest BCUT2D eigenvalue weighted by Gasteiger charge is 2.00. The number of nitrogens with one attached hydrogen (secondary N) is 1. The minimum absolute atomic E-state index is 0.723. The average molecular weight is 236 g/mol. The molecule has 0 saturated heterocycles. The third-order valence-electron chi connectivity index (χ3n) is 2.29. The van der Waals surface area contributed by atoms with E-state index in [-0.39, 0.29) is 0 Å². The number of halogens is 1. The molecule has 16 heavy (non-hydrogen) atoms. The molecule has 0 atom stereocenters. The number of hydrogen-bond acceptors (Lipinski definition) is 2. The second-order valence-electron chi connectivity index (χ2n) is 3.55. The summed E-state index contributed by atoms with van der Waals surface area (Å²) >= 11 is 5.93. The fraction of sp³-hybridized carbons (Fsp3) is 0.250. The summed E-state index contributed by atoms with van der Waals surface area (Å²) in [7, 11) is 0. The molecule has 0 fully saturated rings. The van der Waals surface area contributed by atoms with Gasteiger partial charge in [-0.25, -0.2) is 4.68 Å². The van der Waals surface area contributed by atoms with E-state index in [4.69, 9.17) is 11.6 Å². The third kappa shape index (κ3) is 2.62. The first kappa shape index (κ1) is 11.2. The fourth-order valence-electron chi connectivity index (χ4n) is 1.48. The lowest BCUT2D eigenvalue weighted by atomic mass is 10.3. The highest BCUT2D eigenvalue weighted by Crippen LogP contribution is 2.14. The summed E-state index contributed by atoms with van der Waals surface area (Å²) in [6, 6.07) is 7.65. The molecule has 0 amide bonds. The first-order chi connectivity index (χ1) is 7.79. The van der Waals surface area contributed by atoms with Gasteiger partial charge in [-0.3, -0.25) is 0 Å². The first-order valence-electron chi connectivity index (χ1n) is 5.30. The number of aromatic nitrogens is 2. The van der Waals surface area contributed by atoms with Crippen molar-refractivity contribution in [3.8, 4) is 5.69 Å². The highest BCUT2D eigenvalue weighted by atomic mass is 35.5. The molecule has 0 radical (unpaired) electrons. The molecule has 2 rings (SSSR count). The van der Waals surface area contributed by atoms with Gasteiger partial charge in [0.2, 0.25) is 0 Å². The molecule has 1 N–H and O–H groups in total. The Morgan fingerprint density at radius 3 is 3.06 bits per heavy atom. The minimum Gasteiger partial charge on any atom is -0.313 e. The van der Waals surface area contributed by atoms with Crippen molar-refractivity contribution in [2.75, 3.05) is 6.54 Å². The molecule has 0 aliphatic carbocycles. The van der Waals surface area contributed by atoms with Gasteiger partial charge < -0.3 is 5.32 Å². The predicted molar refractivity (Wildman–Crippen MR) is 66.0 cm³/mol. The van der Waals surface area contributed by atoms with Crippen molar-refractivity contribution < 1.29 is 0 Å². The van der Waals surface area contributed by atoms with Crippen LogP contribution in [0.5, 0.6) is 0 Å². The van der Waals surface area contributed by atoms with Crippen LogP contribution >= 0.6 is 11.6 Å². The summed E-state index contributed by atoms with van der Waals surface area (Å²) in [4.78, 5) is 0. The van der Waals surface area contributed by atoms with E-state index in [1.165, 1.54) is 5.56 Å². The van der Waals surface area contributed by atoms with Gasteiger partial charge in [0.05, 0.1) is 11.9 Å². The molecule has 0 spiro atoms. The van der Waals surface area contributed by atoms with Gasteiger partial charge in [0, 0.05) is 23.3 Å². The highest BCUT2D eigenvalue weighted by molar-refractivity contribution is 6.30. The largest absolute Gasteiger partial charge is 0.313 e. The Morgan fingerprint density at radius 1 is 1.44 bits per heavy atom. The lowest BCUT2D eigenvalue weighted by molar-refractivity contribution is 0.726. The molecule has 0 aliphatic rings. The Balaban J connectivity index is 2.18. The van der Waals surface area contributed by atoms with Crippen LogP contribution in [0, 0.1) is 0 Å². The fourth-order valence-corrected chi connectivity index (χ4v) is 1.67. The number of nitrogens with zero attached hydrogens (tertiary/aromatic N) is 2. The predicted octanol–water partition coefficient (Wildman–Crippen LogP) is 2.64. The topological polar surface area (TPSA) is 29.9 Å². The van der Waals surface area contributed by atoms with Gasteiger partial charge in [0.15, 0.2) is 0 Å². The van der Waals surface area contributed by atoms with E-state index in [0.29, 0.717) is 0 Å². The maximum atomic E-state index is 5.93. The molecular formula is C12H14ClN3. The number of benzene rings is 1. The van der Waals surface area contributed by atoms with E-state index >= 15 is 0 Å². The van der Waals surface area contributed by atoms with E-state index in [2.05, 4.69) is 17.3 Å². The lowest BCUT2D eigenvalue weighted by Crippen LogP contribution is -2.10. The summed E-state index contributed by atoms with van der Waals surface area (Å²) in [5, 5.41) is 8.28. The SMILES string of the molecule is CCNCc1cnn(-c2cccc(Cl)c2)c1. The molecule has 1 aromatic heterocycles. The van der Waals surface area contributed by atoms with E-state index in [0.717, 1.165) is 23.8 Å². The average Bonchev–Trinajstić information content (AvgIpc) is 2.75. The monoisotopic (exact) mass is 235 g/mol. The Morgan fingerprint density at radius 2 is 2.31 bits per heavy atom. The van der Waals surface area contributed by atoms with Gasteiger partial charge in [-0.1, -0.05) is 24.6 Å². The molecule has 3 nitrogen and oxygen atoms in total. The third-order valence-corrected chi connectivity index (χ3v) is 2.52. The van der Waals surface area contributed by atoms with E-state index in [9.17, 15) is 0 Å². The molecular weight excluding hydrogens is 222 g/mol. The molecule has 4 heteroatoms. The summed E-state index contributed by atoms with van der Waals surface area (Å²) in [6.45, 7) is 3.89. The van der Waals surface area contributed by atoms with Crippen LogP contribution in [0.3, 0.4) is 0 Å². The standard InChI is InChI=1S/C12H14ClN3/c1-2-14-7-10-8-15-16(9-10)12-5-3-4-11(13)6-12/h3-6,8-9,14H,2,7H2,1H3. The van der Waals surface area contributed by atoms with E-state index in [1.54, 1.807) is 0 Å². The first-order valence-corrected chi connectivity index (χ1v) is 5.67. The lowest BCUT2D eigenvalue weighted by Gasteiger charge is -2.01. The maximum Gasteiger partial charge on any atom is 0.0660 e. The van der Waals surface area contributed by atoms with Crippen LogP contribution in [-0.2, 0) is 6.54 Å². The van der Waals surface area contributed by atoms with E-state index < -0.39 is 0 Å².